The molecule has 2 aliphatic rings. The first-order valence-electron chi connectivity index (χ1n) is 8.77. The summed E-state index contributed by atoms with van der Waals surface area (Å²) < 4.78 is 12.0. The van der Waals surface area contributed by atoms with Crippen molar-refractivity contribution < 1.29 is 9.47 Å². The van der Waals surface area contributed by atoms with Crippen LogP contribution in [-0.4, -0.2) is 69.0 Å². The molecule has 23 heavy (non-hydrogen) atoms. The molecule has 3 rings (SSSR count). The number of morpholine rings is 1. The molecule has 1 aliphatic carbocycles. The van der Waals surface area contributed by atoms with Crippen molar-refractivity contribution in [3.8, 4) is 0 Å². The van der Waals surface area contributed by atoms with Gasteiger partial charge in [-0.2, -0.15) is 0 Å². The molecule has 3 atom stereocenters. The van der Waals surface area contributed by atoms with Gasteiger partial charge in [0, 0.05) is 41.3 Å². The van der Waals surface area contributed by atoms with E-state index in [0.717, 1.165) is 39.5 Å². The van der Waals surface area contributed by atoms with Gasteiger partial charge in [0.1, 0.15) is 0 Å². The first-order valence-corrected chi connectivity index (χ1v) is 9.58. The number of hydrogen-bond acceptors (Lipinski definition) is 5. The minimum atomic E-state index is 0.365. The van der Waals surface area contributed by atoms with Gasteiger partial charge in [-0.3, -0.25) is 4.90 Å². The Morgan fingerprint density at radius 3 is 2.96 bits per heavy atom. The van der Waals surface area contributed by atoms with Gasteiger partial charge in [0.2, 0.25) is 0 Å². The standard InChI is InChI=1S/C18H30N2O2S/c1-14-4-6-16(23-14)12-20-9-11-22-18-15(5-7-17(18)20)13-21-10-8-19(2)3/h4,6,15,17-18H,5,7-13H2,1-3H3/t15-,17-,18+/m0/s1. The molecular formula is C18H30N2O2S. The fourth-order valence-corrected chi connectivity index (χ4v) is 4.68. The van der Waals surface area contributed by atoms with E-state index in [0.29, 0.717) is 18.1 Å². The van der Waals surface area contributed by atoms with Gasteiger partial charge in [-0.1, -0.05) is 0 Å². The summed E-state index contributed by atoms with van der Waals surface area (Å²) >= 11 is 1.92. The van der Waals surface area contributed by atoms with E-state index in [4.69, 9.17) is 9.47 Å². The molecule has 2 heterocycles. The Morgan fingerprint density at radius 1 is 1.35 bits per heavy atom. The number of ether oxygens (including phenoxy) is 2. The van der Waals surface area contributed by atoms with Gasteiger partial charge in [0.25, 0.3) is 0 Å². The summed E-state index contributed by atoms with van der Waals surface area (Å²) in [6, 6.07) is 5.09. The molecule has 0 N–H and O–H groups in total. The molecule has 5 heteroatoms. The number of fused-ring (bicyclic) bond motifs is 1. The van der Waals surface area contributed by atoms with Gasteiger partial charge in [-0.15, -0.1) is 11.3 Å². The summed E-state index contributed by atoms with van der Waals surface area (Å²) in [5, 5.41) is 0. The number of hydrogen-bond donors (Lipinski definition) is 0. The van der Waals surface area contributed by atoms with E-state index in [9.17, 15) is 0 Å². The zero-order valence-corrected chi connectivity index (χ0v) is 15.5. The molecule has 0 bridgehead atoms. The van der Waals surface area contributed by atoms with Crippen LogP contribution in [0.5, 0.6) is 0 Å². The molecule has 0 amide bonds. The second-order valence-corrected chi connectivity index (χ2v) is 8.47. The van der Waals surface area contributed by atoms with Crippen molar-refractivity contribution in [3.05, 3.63) is 21.9 Å². The van der Waals surface area contributed by atoms with Crippen molar-refractivity contribution in [1.82, 2.24) is 9.80 Å². The molecule has 130 valence electrons. The molecule has 2 fully saturated rings. The smallest absolute Gasteiger partial charge is 0.0781 e. The van der Waals surface area contributed by atoms with Gasteiger partial charge >= 0.3 is 0 Å². The van der Waals surface area contributed by atoms with Crippen LogP contribution in [0.15, 0.2) is 12.1 Å². The summed E-state index contributed by atoms with van der Waals surface area (Å²) in [5.74, 6) is 0.565. The molecule has 1 aromatic rings. The highest BCUT2D eigenvalue weighted by Crippen LogP contribution is 2.36. The largest absolute Gasteiger partial charge is 0.380 e. The van der Waals surface area contributed by atoms with Crippen molar-refractivity contribution >= 4 is 11.3 Å². The third-order valence-corrected chi connectivity index (χ3v) is 5.99. The monoisotopic (exact) mass is 338 g/mol. The maximum atomic E-state index is 6.14. The van der Waals surface area contributed by atoms with Crippen molar-refractivity contribution in [1.29, 1.82) is 0 Å². The Balaban J connectivity index is 1.51. The Kier molecular flexibility index (Phi) is 6.10. The third-order valence-electron chi connectivity index (χ3n) is 5.00. The highest BCUT2D eigenvalue weighted by molar-refractivity contribution is 7.11. The van der Waals surface area contributed by atoms with Crippen LogP contribution in [0.4, 0.5) is 0 Å². The first kappa shape index (κ1) is 17.4. The van der Waals surface area contributed by atoms with Crippen molar-refractivity contribution in [2.75, 3.05) is 47.0 Å². The van der Waals surface area contributed by atoms with E-state index in [1.54, 1.807) is 0 Å². The minimum Gasteiger partial charge on any atom is -0.380 e. The molecule has 1 saturated heterocycles. The van der Waals surface area contributed by atoms with Crippen LogP contribution in [0.2, 0.25) is 0 Å². The average molecular weight is 339 g/mol. The summed E-state index contributed by atoms with van der Waals surface area (Å²) in [4.78, 5) is 7.69. The number of aryl methyl sites for hydroxylation is 1. The highest BCUT2D eigenvalue weighted by atomic mass is 32.1. The summed E-state index contributed by atoms with van der Waals surface area (Å²) in [5.41, 5.74) is 0. The SMILES string of the molecule is Cc1ccc(CN2CCO[C@@H]3[C@H](COCCN(C)C)CC[C@@H]32)s1. The van der Waals surface area contributed by atoms with E-state index in [2.05, 4.69) is 43.0 Å². The topological polar surface area (TPSA) is 24.9 Å². The first-order chi connectivity index (χ1) is 11.1. The van der Waals surface area contributed by atoms with Crippen LogP contribution in [-0.2, 0) is 16.0 Å². The molecule has 0 spiro atoms. The third kappa shape index (κ3) is 4.54. The molecule has 0 aromatic carbocycles. The Hall–Kier alpha value is -0.460. The molecular weight excluding hydrogens is 308 g/mol. The quantitative estimate of drug-likeness (QED) is 0.714. The number of rotatable bonds is 7. The maximum Gasteiger partial charge on any atom is 0.0781 e. The van der Waals surface area contributed by atoms with Crippen LogP contribution in [0.3, 0.4) is 0 Å². The number of nitrogens with zero attached hydrogens (tertiary/aromatic N) is 2. The number of likely N-dealkylation sites (N-methyl/N-ethyl adjacent to an activating group) is 1. The van der Waals surface area contributed by atoms with E-state index < -0.39 is 0 Å². The lowest BCUT2D eigenvalue weighted by Crippen LogP contribution is -2.50. The summed E-state index contributed by atoms with van der Waals surface area (Å²) in [6.07, 6.45) is 2.85. The van der Waals surface area contributed by atoms with E-state index in [1.165, 1.54) is 22.6 Å². The Morgan fingerprint density at radius 2 is 2.22 bits per heavy atom. The van der Waals surface area contributed by atoms with Crippen LogP contribution in [0.25, 0.3) is 0 Å². The zero-order valence-electron chi connectivity index (χ0n) is 14.7. The molecule has 4 nitrogen and oxygen atoms in total. The van der Waals surface area contributed by atoms with E-state index in [1.807, 2.05) is 11.3 Å². The minimum absolute atomic E-state index is 0.365. The van der Waals surface area contributed by atoms with E-state index in [-0.39, 0.29) is 0 Å². The lowest BCUT2D eigenvalue weighted by Gasteiger charge is -2.39. The molecule has 1 aliphatic heterocycles. The Bertz CT molecular complexity index is 491. The van der Waals surface area contributed by atoms with Gasteiger partial charge in [0.05, 0.1) is 25.9 Å². The second-order valence-electron chi connectivity index (χ2n) is 7.10. The molecule has 1 saturated carbocycles. The summed E-state index contributed by atoms with van der Waals surface area (Å²) in [7, 11) is 4.17. The predicted molar refractivity (Wildman–Crippen MR) is 95.1 cm³/mol. The second kappa shape index (κ2) is 8.08. The number of thiophene rings is 1. The van der Waals surface area contributed by atoms with Crippen molar-refractivity contribution in [2.24, 2.45) is 5.92 Å². The summed E-state index contributed by atoms with van der Waals surface area (Å²) in [6.45, 7) is 7.85. The normalized spacial score (nSPS) is 28.4. The highest BCUT2D eigenvalue weighted by Gasteiger charge is 2.42. The van der Waals surface area contributed by atoms with Crippen LogP contribution in [0.1, 0.15) is 22.6 Å². The fourth-order valence-electron chi connectivity index (χ4n) is 3.76. The van der Waals surface area contributed by atoms with Crippen molar-refractivity contribution in [2.45, 2.75) is 38.5 Å². The van der Waals surface area contributed by atoms with Crippen LogP contribution < -0.4 is 0 Å². The van der Waals surface area contributed by atoms with Gasteiger partial charge in [-0.05, 0) is 46.0 Å². The van der Waals surface area contributed by atoms with E-state index >= 15 is 0 Å². The molecule has 1 aromatic heterocycles. The molecule has 0 unspecified atom stereocenters. The predicted octanol–water partition coefficient (Wildman–Crippen LogP) is 2.61. The lowest BCUT2D eigenvalue weighted by atomic mass is 10.0. The average Bonchev–Trinajstić information content (AvgIpc) is 3.11. The zero-order chi connectivity index (χ0) is 16.2. The Labute approximate surface area is 144 Å². The molecule has 0 radical (unpaired) electrons. The van der Waals surface area contributed by atoms with Crippen LogP contribution >= 0.6 is 11.3 Å². The van der Waals surface area contributed by atoms with Gasteiger partial charge < -0.3 is 14.4 Å². The van der Waals surface area contributed by atoms with Crippen molar-refractivity contribution in [3.63, 3.8) is 0 Å². The fraction of sp³-hybridized carbons (Fsp3) is 0.778. The van der Waals surface area contributed by atoms with Crippen LogP contribution in [0, 0.1) is 12.8 Å². The van der Waals surface area contributed by atoms with Gasteiger partial charge in [-0.25, -0.2) is 0 Å². The lowest BCUT2D eigenvalue weighted by molar-refractivity contribution is -0.0881. The van der Waals surface area contributed by atoms with Gasteiger partial charge in [0.15, 0.2) is 0 Å². The maximum absolute atomic E-state index is 6.14.